The monoisotopic (exact) mass is 242 g/mol. The number of carbonyl (C=O) groups is 2. The molecule has 0 saturated heterocycles. The Kier molecular flexibility index (Phi) is 4.25. The summed E-state index contributed by atoms with van der Waals surface area (Å²) >= 11 is 5.61. The zero-order chi connectivity index (χ0) is 12.1. The van der Waals surface area contributed by atoms with Gasteiger partial charge in [-0.3, -0.25) is 4.79 Å². The average molecular weight is 243 g/mol. The van der Waals surface area contributed by atoms with Gasteiger partial charge < -0.3 is 10.4 Å². The SMILES string of the molecule is CC[C@@H](NC(=O)c1cccc(Cl)n1)C(=O)O. The van der Waals surface area contributed by atoms with Crippen molar-refractivity contribution in [2.75, 3.05) is 0 Å². The minimum absolute atomic E-state index is 0.104. The third-order valence-corrected chi connectivity index (χ3v) is 2.17. The molecule has 0 aliphatic carbocycles. The van der Waals surface area contributed by atoms with Crippen LogP contribution in [0.4, 0.5) is 0 Å². The van der Waals surface area contributed by atoms with E-state index in [0.29, 0.717) is 6.42 Å². The normalized spacial score (nSPS) is 11.9. The lowest BCUT2D eigenvalue weighted by atomic mass is 10.2. The molecular weight excluding hydrogens is 232 g/mol. The van der Waals surface area contributed by atoms with E-state index in [1.54, 1.807) is 13.0 Å². The molecule has 1 atom stereocenters. The first-order valence-electron chi connectivity index (χ1n) is 4.70. The minimum Gasteiger partial charge on any atom is -0.480 e. The van der Waals surface area contributed by atoms with Crippen LogP contribution in [0.1, 0.15) is 23.8 Å². The van der Waals surface area contributed by atoms with E-state index in [1.165, 1.54) is 12.1 Å². The summed E-state index contributed by atoms with van der Waals surface area (Å²) in [6.45, 7) is 1.67. The first-order chi connectivity index (χ1) is 7.54. The number of pyridine rings is 1. The summed E-state index contributed by atoms with van der Waals surface area (Å²) in [6, 6.07) is 3.67. The van der Waals surface area contributed by atoms with Crippen LogP contribution >= 0.6 is 11.6 Å². The molecular formula is C10H11ClN2O3. The molecule has 0 aliphatic heterocycles. The Hall–Kier alpha value is -1.62. The Morgan fingerprint density at radius 2 is 2.25 bits per heavy atom. The van der Waals surface area contributed by atoms with Gasteiger partial charge >= 0.3 is 5.97 Å². The summed E-state index contributed by atoms with van der Waals surface area (Å²) in [5.74, 6) is -1.62. The van der Waals surface area contributed by atoms with Crippen molar-refractivity contribution >= 4 is 23.5 Å². The maximum atomic E-state index is 11.6. The van der Waals surface area contributed by atoms with E-state index in [1.807, 2.05) is 0 Å². The molecule has 0 radical (unpaired) electrons. The molecule has 6 heteroatoms. The molecule has 2 N–H and O–H groups in total. The highest BCUT2D eigenvalue weighted by molar-refractivity contribution is 6.29. The smallest absolute Gasteiger partial charge is 0.326 e. The molecule has 1 rings (SSSR count). The van der Waals surface area contributed by atoms with Gasteiger partial charge in [-0.25, -0.2) is 9.78 Å². The van der Waals surface area contributed by atoms with E-state index >= 15 is 0 Å². The number of carboxylic acids is 1. The summed E-state index contributed by atoms with van der Waals surface area (Å²) in [5.41, 5.74) is 0.104. The van der Waals surface area contributed by atoms with E-state index in [2.05, 4.69) is 10.3 Å². The predicted molar refractivity (Wildman–Crippen MR) is 58.4 cm³/mol. The van der Waals surface area contributed by atoms with Gasteiger partial charge in [0.15, 0.2) is 0 Å². The second-order valence-corrected chi connectivity index (χ2v) is 3.51. The number of nitrogens with one attached hydrogen (secondary N) is 1. The van der Waals surface area contributed by atoms with Crippen LogP contribution < -0.4 is 5.32 Å². The fourth-order valence-corrected chi connectivity index (χ4v) is 1.27. The third-order valence-electron chi connectivity index (χ3n) is 1.96. The van der Waals surface area contributed by atoms with Gasteiger partial charge in [-0.1, -0.05) is 24.6 Å². The molecule has 1 heterocycles. The van der Waals surface area contributed by atoms with Gasteiger partial charge in [0, 0.05) is 0 Å². The van der Waals surface area contributed by atoms with Gasteiger partial charge in [0.05, 0.1) is 0 Å². The Bertz CT molecular complexity index is 409. The van der Waals surface area contributed by atoms with E-state index in [-0.39, 0.29) is 10.8 Å². The Morgan fingerprint density at radius 3 is 2.75 bits per heavy atom. The number of aliphatic carboxylic acids is 1. The van der Waals surface area contributed by atoms with Crippen LogP contribution in [0, 0.1) is 0 Å². The second kappa shape index (κ2) is 5.46. The molecule has 86 valence electrons. The van der Waals surface area contributed by atoms with Crippen LogP contribution in [-0.4, -0.2) is 28.0 Å². The molecule has 0 unspecified atom stereocenters. The zero-order valence-electron chi connectivity index (χ0n) is 8.61. The van der Waals surface area contributed by atoms with E-state index in [4.69, 9.17) is 16.7 Å². The van der Waals surface area contributed by atoms with Gasteiger partial charge in [0.1, 0.15) is 16.9 Å². The van der Waals surface area contributed by atoms with Gasteiger partial charge in [0.25, 0.3) is 5.91 Å². The van der Waals surface area contributed by atoms with Crippen molar-refractivity contribution in [3.8, 4) is 0 Å². The minimum atomic E-state index is -1.07. The number of carboxylic acid groups (broad SMARTS) is 1. The number of halogens is 1. The average Bonchev–Trinajstić information content (AvgIpc) is 2.25. The Morgan fingerprint density at radius 1 is 1.56 bits per heavy atom. The molecule has 1 aromatic rings. The lowest BCUT2D eigenvalue weighted by Gasteiger charge is -2.11. The van der Waals surface area contributed by atoms with Crippen molar-refractivity contribution in [3.05, 3.63) is 29.0 Å². The number of rotatable bonds is 4. The predicted octanol–water partition coefficient (Wildman–Crippen LogP) is 1.33. The number of nitrogens with zero attached hydrogens (tertiary/aromatic N) is 1. The number of hydrogen-bond donors (Lipinski definition) is 2. The molecule has 0 bridgehead atoms. The fourth-order valence-electron chi connectivity index (χ4n) is 1.11. The third kappa shape index (κ3) is 3.20. The number of hydrogen-bond acceptors (Lipinski definition) is 3. The highest BCUT2D eigenvalue weighted by Crippen LogP contribution is 2.05. The van der Waals surface area contributed by atoms with Crippen LogP contribution in [-0.2, 0) is 4.79 Å². The van der Waals surface area contributed by atoms with E-state index in [0.717, 1.165) is 0 Å². The zero-order valence-corrected chi connectivity index (χ0v) is 9.36. The second-order valence-electron chi connectivity index (χ2n) is 3.12. The van der Waals surface area contributed by atoms with E-state index < -0.39 is 17.9 Å². The number of carbonyl (C=O) groups excluding carboxylic acids is 1. The van der Waals surface area contributed by atoms with Gasteiger partial charge in [-0.2, -0.15) is 0 Å². The summed E-state index contributed by atoms with van der Waals surface area (Å²) in [5, 5.41) is 11.3. The van der Waals surface area contributed by atoms with Crippen molar-refractivity contribution < 1.29 is 14.7 Å². The Balaban J connectivity index is 2.75. The van der Waals surface area contributed by atoms with Crippen LogP contribution in [0.3, 0.4) is 0 Å². The van der Waals surface area contributed by atoms with Crippen molar-refractivity contribution in [2.45, 2.75) is 19.4 Å². The summed E-state index contributed by atoms with van der Waals surface area (Å²) in [4.78, 5) is 26.1. The fraction of sp³-hybridized carbons (Fsp3) is 0.300. The first-order valence-corrected chi connectivity index (χ1v) is 5.08. The van der Waals surface area contributed by atoms with Gasteiger partial charge in [-0.05, 0) is 18.6 Å². The van der Waals surface area contributed by atoms with Crippen molar-refractivity contribution in [1.82, 2.24) is 10.3 Å². The quantitative estimate of drug-likeness (QED) is 0.781. The molecule has 5 nitrogen and oxygen atoms in total. The first kappa shape index (κ1) is 12.4. The molecule has 1 aromatic heterocycles. The Labute approximate surface area is 97.4 Å². The maximum Gasteiger partial charge on any atom is 0.326 e. The van der Waals surface area contributed by atoms with Crippen LogP contribution in [0.2, 0.25) is 5.15 Å². The topological polar surface area (TPSA) is 79.3 Å². The molecule has 0 aromatic carbocycles. The number of amides is 1. The molecule has 0 spiro atoms. The van der Waals surface area contributed by atoms with Crippen LogP contribution in [0.15, 0.2) is 18.2 Å². The van der Waals surface area contributed by atoms with Crippen LogP contribution in [0.25, 0.3) is 0 Å². The highest BCUT2D eigenvalue weighted by Gasteiger charge is 2.19. The summed E-state index contributed by atoms with van der Waals surface area (Å²) < 4.78 is 0. The summed E-state index contributed by atoms with van der Waals surface area (Å²) in [6.07, 6.45) is 0.307. The van der Waals surface area contributed by atoms with E-state index in [9.17, 15) is 9.59 Å². The summed E-state index contributed by atoms with van der Waals surface area (Å²) in [7, 11) is 0. The van der Waals surface area contributed by atoms with Gasteiger partial charge in [0.2, 0.25) is 0 Å². The highest BCUT2D eigenvalue weighted by atomic mass is 35.5. The molecule has 0 fully saturated rings. The van der Waals surface area contributed by atoms with Crippen LogP contribution in [0.5, 0.6) is 0 Å². The maximum absolute atomic E-state index is 11.6. The molecule has 16 heavy (non-hydrogen) atoms. The molecule has 1 amide bonds. The lowest BCUT2D eigenvalue weighted by Crippen LogP contribution is -2.40. The molecule has 0 aliphatic rings. The van der Waals surface area contributed by atoms with Crippen molar-refractivity contribution in [3.63, 3.8) is 0 Å². The van der Waals surface area contributed by atoms with Crippen molar-refractivity contribution in [1.29, 1.82) is 0 Å². The molecule has 0 saturated carbocycles. The van der Waals surface area contributed by atoms with Crippen molar-refractivity contribution in [2.24, 2.45) is 0 Å². The lowest BCUT2D eigenvalue weighted by molar-refractivity contribution is -0.139. The van der Waals surface area contributed by atoms with Gasteiger partial charge in [-0.15, -0.1) is 0 Å². The standard InChI is InChI=1S/C10H11ClN2O3/c1-2-6(10(15)16)13-9(14)7-4-3-5-8(11)12-7/h3-6H,2H2,1H3,(H,13,14)(H,15,16)/t6-/m1/s1. The number of aromatic nitrogens is 1. The largest absolute Gasteiger partial charge is 0.480 e.